The van der Waals surface area contributed by atoms with Crippen molar-refractivity contribution in [2.75, 3.05) is 45.8 Å². The second kappa shape index (κ2) is 8.33. The molecule has 1 heterocycles. The lowest BCUT2D eigenvalue weighted by atomic mass is 10.0. The summed E-state index contributed by atoms with van der Waals surface area (Å²) in [6, 6.07) is 4.30. The molecule has 0 radical (unpaired) electrons. The van der Waals surface area contributed by atoms with E-state index < -0.39 is 16.4 Å². The molecule has 6 nitrogen and oxygen atoms in total. The van der Waals surface area contributed by atoms with Gasteiger partial charge in [-0.3, -0.25) is 19.9 Å². The summed E-state index contributed by atoms with van der Waals surface area (Å²) in [5, 5.41) is 14.4. The largest absolute Gasteiger partial charge is 0.314 e. The lowest BCUT2D eigenvalue weighted by Crippen LogP contribution is -2.47. The van der Waals surface area contributed by atoms with E-state index in [4.69, 9.17) is 0 Å². The number of piperazine rings is 1. The Kier molecular flexibility index (Phi) is 6.44. The first-order valence-corrected chi connectivity index (χ1v) is 8.17. The fraction of sp³-hybridized carbons (Fsp3) is 0.625. The number of benzene rings is 1. The summed E-state index contributed by atoms with van der Waals surface area (Å²) < 4.78 is 13.6. The van der Waals surface area contributed by atoms with Gasteiger partial charge in [0.15, 0.2) is 0 Å². The molecule has 23 heavy (non-hydrogen) atoms. The van der Waals surface area contributed by atoms with E-state index in [9.17, 15) is 14.5 Å². The molecule has 1 N–H and O–H groups in total. The first-order chi connectivity index (χ1) is 11.1. The Morgan fingerprint density at radius 1 is 1.35 bits per heavy atom. The molecule has 1 unspecified atom stereocenters. The Balaban J connectivity index is 2.28. The normalized spacial score (nSPS) is 17.4. The summed E-state index contributed by atoms with van der Waals surface area (Å²) in [6.45, 7) is 10.5. The highest BCUT2D eigenvalue weighted by Crippen LogP contribution is 2.27. The summed E-state index contributed by atoms with van der Waals surface area (Å²) in [4.78, 5) is 15.0. The Bertz CT molecular complexity index is 531. The van der Waals surface area contributed by atoms with Crippen molar-refractivity contribution in [1.29, 1.82) is 0 Å². The van der Waals surface area contributed by atoms with Gasteiger partial charge in [0.1, 0.15) is 0 Å². The predicted octanol–water partition coefficient (Wildman–Crippen LogP) is 2.02. The second-order valence-electron chi connectivity index (χ2n) is 5.76. The van der Waals surface area contributed by atoms with Gasteiger partial charge in [-0.05, 0) is 24.7 Å². The number of likely N-dealkylation sites (N-methyl/N-ethyl adjacent to an activating group) is 1. The van der Waals surface area contributed by atoms with Crippen molar-refractivity contribution >= 4 is 5.69 Å². The van der Waals surface area contributed by atoms with Crippen LogP contribution in [0, 0.1) is 15.9 Å². The lowest BCUT2D eigenvalue weighted by molar-refractivity contribution is -0.387. The number of rotatable bonds is 7. The molecule has 0 amide bonds. The monoisotopic (exact) mass is 324 g/mol. The van der Waals surface area contributed by atoms with Crippen LogP contribution in [0.3, 0.4) is 0 Å². The van der Waals surface area contributed by atoms with Gasteiger partial charge >= 0.3 is 5.69 Å². The summed E-state index contributed by atoms with van der Waals surface area (Å²) in [5.41, 5.74) is 0.361. The van der Waals surface area contributed by atoms with Crippen LogP contribution in [0.2, 0.25) is 0 Å². The topological polar surface area (TPSA) is 61.6 Å². The predicted molar refractivity (Wildman–Crippen MR) is 88.0 cm³/mol. The van der Waals surface area contributed by atoms with Crippen LogP contribution < -0.4 is 5.32 Å². The smallest absolute Gasteiger partial charge is 0.305 e. The van der Waals surface area contributed by atoms with Gasteiger partial charge in [0.25, 0.3) is 0 Å². The number of halogens is 1. The highest BCUT2D eigenvalue weighted by atomic mass is 19.1. The molecule has 0 spiro atoms. The number of nitrogens with zero attached hydrogens (tertiary/aromatic N) is 3. The van der Waals surface area contributed by atoms with Crippen LogP contribution in [-0.2, 0) is 0 Å². The van der Waals surface area contributed by atoms with Crippen molar-refractivity contribution in [2.45, 2.75) is 19.9 Å². The van der Waals surface area contributed by atoms with Gasteiger partial charge in [0, 0.05) is 44.8 Å². The fourth-order valence-electron chi connectivity index (χ4n) is 3.11. The molecule has 0 aromatic heterocycles. The molecule has 0 bridgehead atoms. The summed E-state index contributed by atoms with van der Waals surface area (Å²) >= 11 is 0. The molecule has 1 fully saturated rings. The Labute approximate surface area is 136 Å². The van der Waals surface area contributed by atoms with Crippen LogP contribution in [0.1, 0.15) is 25.5 Å². The SMILES string of the molecule is CCN(CC)C(CN1CCNCC1)c1ccc(F)c([N+](=O)[O-])c1. The van der Waals surface area contributed by atoms with Gasteiger partial charge in [-0.15, -0.1) is 0 Å². The molecular formula is C16H25FN4O2. The zero-order chi connectivity index (χ0) is 16.8. The molecule has 128 valence electrons. The molecule has 2 rings (SSSR count). The van der Waals surface area contributed by atoms with Crippen molar-refractivity contribution in [2.24, 2.45) is 0 Å². The van der Waals surface area contributed by atoms with Gasteiger partial charge in [0.05, 0.1) is 4.92 Å². The van der Waals surface area contributed by atoms with Crippen molar-refractivity contribution in [1.82, 2.24) is 15.1 Å². The number of hydrogen-bond acceptors (Lipinski definition) is 5. The summed E-state index contributed by atoms with van der Waals surface area (Å²) in [6.07, 6.45) is 0. The van der Waals surface area contributed by atoms with Crippen molar-refractivity contribution in [3.8, 4) is 0 Å². The standard InChI is InChI=1S/C16H25FN4O2/c1-3-20(4-2)16(12-19-9-7-18-8-10-19)13-5-6-14(17)15(11-13)21(22)23/h5-6,11,16,18H,3-4,7-10,12H2,1-2H3. The Hall–Kier alpha value is -1.57. The second-order valence-corrected chi connectivity index (χ2v) is 5.76. The average molecular weight is 324 g/mol. The van der Waals surface area contributed by atoms with Gasteiger partial charge in [-0.2, -0.15) is 4.39 Å². The molecule has 1 aromatic rings. The molecule has 1 aromatic carbocycles. The molecule has 7 heteroatoms. The van der Waals surface area contributed by atoms with Gasteiger partial charge in [-0.1, -0.05) is 19.9 Å². The van der Waals surface area contributed by atoms with Crippen LogP contribution in [0.4, 0.5) is 10.1 Å². The van der Waals surface area contributed by atoms with Crippen LogP contribution in [-0.4, -0.2) is 60.5 Å². The van der Waals surface area contributed by atoms with Crippen LogP contribution in [0.25, 0.3) is 0 Å². The molecule has 1 atom stereocenters. The number of hydrogen-bond donors (Lipinski definition) is 1. The quantitative estimate of drug-likeness (QED) is 0.614. The maximum absolute atomic E-state index is 13.6. The van der Waals surface area contributed by atoms with E-state index in [1.54, 1.807) is 6.07 Å². The van der Waals surface area contributed by atoms with E-state index in [1.165, 1.54) is 12.1 Å². The average Bonchev–Trinajstić information content (AvgIpc) is 2.56. The molecule has 1 saturated heterocycles. The summed E-state index contributed by atoms with van der Waals surface area (Å²) in [5.74, 6) is -0.779. The van der Waals surface area contributed by atoms with E-state index in [1.807, 2.05) is 0 Å². The van der Waals surface area contributed by atoms with Crippen LogP contribution in [0.15, 0.2) is 18.2 Å². The summed E-state index contributed by atoms with van der Waals surface area (Å²) in [7, 11) is 0. The Morgan fingerprint density at radius 2 is 2.00 bits per heavy atom. The van der Waals surface area contributed by atoms with E-state index in [-0.39, 0.29) is 6.04 Å². The maximum atomic E-state index is 13.6. The van der Waals surface area contributed by atoms with Crippen molar-refractivity contribution in [3.63, 3.8) is 0 Å². The zero-order valence-corrected chi connectivity index (χ0v) is 13.8. The number of nitro benzene ring substituents is 1. The minimum absolute atomic E-state index is 0.0300. The van der Waals surface area contributed by atoms with Gasteiger partial charge in [-0.25, -0.2) is 0 Å². The molecule has 0 saturated carbocycles. The molecule has 0 aliphatic carbocycles. The molecule has 1 aliphatic rings. The zero-order valence-electron chi connectivity index (χ0n) is 13.8. The highest BCUT2D eigenvalue weighted by Gasteiger charge is 2.25. The number of nitro groups is 1. The first kappa shape index (κ1) is 17.8. The van der Waals surface area contributed by atoms with Crippen LogP contribution >= 0.6 is 0 Å². The van der Waals surface area contributed by atoms with Crippen molar-refractivity contribution in [3.05, 3.63) is 39.7 Å². The van der Waals surface area contributed by atoms with E-state index in [0.29, 0.717) is 0 Å². The minimum Gasteiger partial charge on any atom is -0.314 e. The third kappa shape index (κ3) is 4.46. The first-order valence-electron chi connectivity index (χ1n) is 8.17. The number of nitrogens with one attached hydrogen (secondary N) is 1. The minimum atomic E-state index is -0.779. The van der Waals surface area contributed by atoms with Gasteiger partial charge in [0.2, 0.25) is 5.82 Å². The maximum Gasteiger partial charge on any atom is 0.305 e. The van der Waals surface area contributed by atoms with E-state index in [2.05, 4.69) is 29.0 Å². The highest BCUT2D eigenvalue weighted by molar-refractivity contribution is 5.37. The van der Waals surface area contributed by atoms with Gasteiger partial charge < -0.3 is 5.32 Å². The van der Waals surface area contributed by atoms with Crippen molar-refractivity contribution < 1.29 is 9.31 Å². The third-order valence-corrected chi connectivity index (χ3v) is 4.45. The molecular weight excluding hydrogens is 299 g/mol. The third-order valence-electron chi connectivity index (χ3n) is 4.45. The lowest BCUT2D eigenvalue weighted by Gasteiger charge is -2.36. The molecule has 1 aliphatic heterocycles. The fourth-order valence-corrected chi connectivity index (χ4v) is 3.11. The van der Waals surface area contributed by atoms with E-state index >= 15 is 0 Å². The van der Waals surface area contributed by atoms with E-state index in [0.717, 1.165) is 51.4 Å². The Morgan fingerprint density at radius 3 is 2.57 bits per heavy atom. The van der Waals surface area contributed by atoms with Crippen LogP contribution in [0.5, 0.6) is 0 Å².